The van der Waals surface area contributed by atoms with Crippen molar-refractivity contribution >= 4 is 5.78 Å². The number of benzene rings is 1. The summed E-state index contributed by atoms with van der Waals surface area (Å²) in [6.45, 7) is 7.60. The van der Waals surface area contributed by atoms with Gasteiger partial charge in [-0.15, -0.1) is 0 Å². The number of rotatable bonds is 7. The van der Waals surface area contributed by atoms with Crippen LogP contribution in [-0.4, -0.2) is 18.0 Å². The van der Waals surface area contributed by atoms with E-state index < -0.39 is 0 Å². The number of carbonyl (C=O) groups is 1. The Morgan fingerprint density at radius 3 is 1.89 bits per heavy atom. The van der Waals surface area contributed by atoms with Crippen LogP contribution in [0.1, 0.15) is 40.5 Å². The molecule has 0 N–H and O–H groups in total. The summed E-state index contributed by atoms with van der Waals surface area (Å²) in [5, 5.41) is 0. The van der Waals surface area contributed by atoms with Crippen molar-refractivity contribution in [2.45, 2.75) is 52.7 Å². The lowest BCUT2D eigenvalue weighted by atomic mass is 10.2. The Hall–Kier alpha value is -1.51. The van der Waals surface area contributed by atoms with Crippen LogP contribution >= 0.6 is 0 Å². The van der Waals surface area contributed by atoms with Gasteiger partial charge in [0.1, 0.15) is 23.4 Å². The summed E-state index contributed by atoms with van der Waals surface area (Å²) in [7, 11) is 0. The monoisotopic (exact) mass is 250 g/mol. The molecule has 0 radical (unpaired) electrons. The summed E-state index contributed by atoms with van der Waals surface area (Å²) in [5.74, 6) is 1.75. The van der Waals surface area contributed by atoms with Gasteiger partial charge in [-0.05, 0) is 51.5 Å². The van der Waals surface area contributed by atoms with Crippen molar-refractivity contribution < 1.29 is 14.3 Å². The number of ether oxygens (including phenoxy) is 2. The highest BCUT2D eigenvalue weighted by atomic mass is 16.5. The smallest absolute Gasteiger partial charge is 0.133 e. The molecule has 0 bridgehead atoms. The molecule has 2 atom stereocenters. The second-order valence-electron chi connectivity index (χ2n) is 4.64. The Labute approximate surface area is 109 Å². The molecule has 100 valence electrons. The minimum atomic E-state index is -0.0937. The molecular weight excluding hydrogens is 228 g/mol. The Bertz CT molecular complexity index is 370. The van der Waals surface area contributed by atoms with Crippen LogP contribution in [0.15, 0.2) is 24.3 Å². The fraction of sp³-hybridized carbons (Fsp3) is 0.533. The first-order chi connectivity index (χ1) is 8.51. The Balaban J connectivity index is 2.52. The van der Waals surface area contributed by atoms with Gasteiger partial charge < -0.3 is 9.47 Å². The third kappa shape index (κ3) is 5.21. The fourth-order valence-electron chi connectivity index (χ4n) is 1.59. The highest BCUT2D eigenvalue weighted by Crippen LogP contribution is 2.20. The maximum Gasteiger partial charge on any atom is 0.133 e. The minimum absolute atomic E-state index is 0.0937. The predicted molar refractivity (Wildman–Crippen MR) is 72.2 cm³/mol. The first-order valence-corrected chi connectivity index (χ1v) is 6.44. The van der Waals surface area contributed by atoms with Gasteiger partial charge in [0.15, 0.2) is 0 Å². The van der Waals surface area contributed by atoms with Crippen LogP contribution in [0.25, 0.3) is 0 Å². The summed E-state index contributed by atoms with van der Waals surface area (Å²) >= 11 is 0. The van der Waals surface area contributed by atoms with Crippen molar-refractivity contribution in [3.63, 3.8) is 0 Å². The number of hydrogen-bond donors (Lipinski definition) is 0. The van der Waals surface area contributed by atoms with Gasteiger partial charge in [0, 0.05) is 6.42 Å². The van der Waals surface area contributed by atoms with Gasteiger partial charge in [0.2, 0.25) is 0 Å². The molecule has 1 aromatic rings. The molecule has 0 spiro atoms. The average Bonchev–Trinajstić information content (AvgIpc) is 2.30. The van der Waals surface area contributed by atoms with E-state index in [9.17, 15) is 4.79 Å². The fourth-order valence-corrected chi connectivity index (χ4v) is 1.59. The molecule has 18 heavy (non-hydrogen) atoms. The molecule has 0 aromatic heterocycles. The number of ketones is 1. The summed E-state index contributed by atoms with van der Waals surface area (Å²) < 4.78 is 11.3. The third-order valence-corrected chi connectivity index (χ3v) is 2.65. The summed E-state index contributed by atoms with van der Waals surface area (Å²) in [6, 6.07) is 7.52. The molecule has 0 fully saturated rings. The molecule has 1 aromatic carbocycles. The quantitative estimate of drug-likeness (QED) is 0.741. The molecule has 0 aliphatic heterocycles. The van der Waals surface area contributed by atoms with E-state index in [-0.39, 0.29) is 18.0 Å². The van der Waals surface area contributed by atoms with Crippen molar-refractivity contribution in [2.24, 2.45) is 0 Å². The van der Waals surface area contributed by atoms with E-state index in [0.717, 1.165) is 17.9 Å². The lowest BCUT2D eigenvalue weighted by Crippen LogP contribution is -2.15. The Morgan fingerprint density at radius 1 is 1.06 bits per heavy atom. The maximum atomic E-state index is 11.0. The molecule has 0 heterocycles. The lowest BCUT2D eigenvalue weighted by molar-refractivity contribution is -0.118. The second kappa shape index (κ2) is 7.04. The average molecular weight is 250 g/mol. The van der Waals surface area contributed by atoms with E-state index >= 15 is 0 Å². The maximum absolute atomic E-state index is 11.0. The van der Waals surface area contributed by atoms with E-state index in [4.69, 9.17) is 9.47 Å². The highest BCUT2D eigenvalue weighted by Gasteiger charge is 2.07. The van der Waals surface area contributed by atoms with E-state index in [1.165, 1.54) is 0 Å². The van der Waals surface area contributed by atoms with Crippen molar-refractivity contribution in [3.8, 4) is 11.5 Å². The van der Waals surface area contributed by atoms with Gasteiger partial charge >= 0.3 is 0 Å². The van der Waals surface area contributed by atoms with Crippen LogP contribution in [-0.2, 0) is 4.79 Å². The van der Waals surface area contributed by atoms with E-state index in [1.807, 2.05) is 38.1 Å². The van der Waals surface area contributed by atoms with Gasteiger partial charge in [-0.3, -0.25) is 4.79 Å². The lowest BCUT2D eigenvalue weighted by Gasteiger charge is -2.15. The first kappa shape index (κ1) is 14.6. The van der Waals surface area contributed by atoms with Crippen LogP contribution in [0.3, 0.4) is 0 Å². The topological polar surface area (TPSA) is 35.5 Å². The Morgan fingerprint density at radius 2 is 1.50 bits per heavy atom. The van der Waals surface area contributed by atoms with Crippen molar-refractivity contribution in [1.29, 1.82) is 0 Å². The minimum Gasteiger partial charge on any atom is -0.491 e. The summed E-state index contributed by atoms with van der Waals surface area (Å²) in [6.07, 6.45) is 1.54. The molecular formula is C15H22O3. The molecule has 0 aliphatic rings. The van der Waals surface area contributed by atoms with Crippen LogP contribution < -0.4 is 9.47 Å². The van der Waals surface area contributed by atoms with Gasteiger partial charge in [0.05, 0.1) is 6.10 Å². The summed E-state index contributed by atoms with van der Waals surface area (Å²) in [4.78, 5) is 11.0. The van der Waals surface area contributed by atoms with E-state index in [2.05, 4.69) is 6.92 Å². The molecule has 0 amide bonds. The number of hydrogen-bond acceptors (Lipinski definition) is 3. The van der Waals surface area contributed by atoms with Crippen molar-refractivity contribution in [3.05, 3.63) is 24.3 Å². The van der Waals surface area contributed by atoms with Gasteiger partial charge in [-0.1, -0.05) is 6.92 Å². The zero-order valence-corrected chi connectivity index (χ0v) is 11.6. The largest absolute Gasteiger partial charge is 0.491 e. The van der Waals surface area contributed by atoms with E-state index in [0.29, 0.717) is 6.42 Å². The molecule has 2 unspecified atom stereocenters. The van der Waals surface area contributed by atoms with Crippen LogP contribution in [0.4, 0.5) is 0 Å². The standard InChI is InChI=1S/C15H22O3/c1-5-12(3)17-14-6-8-15(9-7-14)18-13(4)10-11(2)16/h6-9,12-13H,5,10H2,1-4H3. The van der Waals surface area contributed by atoms with E-state index in [1.54, 1.807) is 6.92 Å². The summed E-state index contributed by atoms with van der Waals surface area (Å²) in [5.41, 5.74) is 0. The zero-order chi connectivity index (χ0) is 13.5. The Kier molecular flexibility index (Phi) is 5.69. The number of carbonyl (C=O) groups excluding carboxylic acids is 1. The zero-order valence-electron chi connectivity index (χ0n) is 11.6. The van der Waals surface area contributed by atoms with Gasteiger partial charge in [-0.25, -0.2) is 0 Å². The third-order valence-electron chi connectivity index (χ3n) is 2.65. The highest BCUT2D eigenvalue weighted by molar-refractivity contribution is 5.75. The molecule has 0 aliphatic carbocycles. The normalized spacial score (nSPS) is 13.8. The van der Waals surface area contributed by atoms with Crippen molar-refractivity contribution in [2.75, 3.05) is 0 Å². The van der Waals surface area contributed by atoms with Crippen molar-refractivity contribution in [1.82, 2.24) is 0 Å². The SMILES string of the molecule is CCC(C)Oc1ccc(OC(C)CC(C)=O)cc1. The molecule has 0 saturated heterocycles. The van der Waals surface area contributed by atoms with Gasteiger partial charge in [0.25, 0.3) is 0 Å². The second-order valence-corrected chi connectivity index (χ2v) is 4.64. The predicted octanol–water partition coefficient (Wildman–Crippen LogP) is 3.61. The van der Waals surface area contributed by atoms with Gasteiger partial charge in [-0.2, -0.15) is 0 Å². The molecule has 3 nitrogen and oxygen atoms in total. The molecule has 0 saturated carbocycles. The van der Waals surface area contributed by atoms with Crippen LogP contribution in [0.5, 0.6) is 11.5 Å². The number of Topliss-reactive ketones (excluding diaryl/α,β-unsaturated/α-hetero) is 1. The van der Waals surface area contributed by atoms with Crippen LogP contribution in [0, 0.1) is 0 Å². The van der Waals surface area contributed by atoms with Crippen LogP contribution in [0.2, 0.25) is 0 Å². The molecule has 1 rings (SSSR count). The first-order valence-electron chi connectivity index (χ1n) is 6.44. The molecule has 3 heteroatoms.